The van der Waals surface area contributed by atoms with Crippen molar-refractivity contribution in [1.29, 1.82) is 0 Å². The smallest absolute Gasteiger partial charge is 0.242 e. The highest BCUT2D eigenvalue weighted by Gasteiger charge is 2.29. The number of hydrogen-bond acceptors (Lipinski definition) is 4. The number of amides is 2. The third-order valence-corrected chi connectivity index (χ3v) is 7.86. The number of aryl methyl sites for hydroxylation is 1. The molecule has 2 aromatic carbocycles. The van der Waals surface area contributed by atoms with Crippen molar-refractivity contribution in [3.63, 3.8) is 0 Å². The Kier molecular flexibility index (Phi) is 11.1. The number of carbonyl (C=O) groups excluding carboxylic acids is 2. The Bertz CT molecular complexity index is 1190. The largest absolute Gasteiger partial charge is 0.355 e. The van der Waals surface area contributed by atoms with Crippen LogP contribution in [0.3, 0.4) is 0 Å². The van der Waals surface area contributed by atoms with Crippen molar-refractivity contribution >= 4 is 50.7 Å². The molecule has 1 N–H and O–H groups in total. The van der Waals surface area contributed by atoms with Gasteiger partial charge in [-0.25, -0.2) is 8.42 Å². The summed E-state index contributed by atoms with van der Waals surface area (Å²) >= 11 is 12.4. The van der Waals surface area contributed by atoms with E-state index >= 15 is 0 Å². The van der Waals surface area contributed by atoms with Gasteiger partial charge in [0.2, 0.25) is 21.8 Å². The van der Waals surface area contributed by atoms with Crippen molar-refractivity contribution in [1.82, 2.24) is 10.2 Å². The molecule has 2 rings (SSSR count). The monoisotopic (exact) mass is 555 g/mol. The third kappa shape index (κ3) is 7.85. The Hall–Kier alpha value is -2.29. The van der Waals surface area contributed by atoms with E-state index in [0.717, 1.165) is 17.4 Å². The van der Waals surface area contributed by atoms with Crippen LogP contribution in [0.2, 0.25) is 10.0 Å². The van der Waals surface area contributed by atoms with E-state index in [1.807, 2.05) is 39.8 Å². The average molecular weight is 557 g/mol. The Morgan fingerprint density at radius 2 is 1.78 bits per heavy atom. The Balaban J connectivity index is 2.27. The predicted octanol–water partition coefficient (Wildman–Crippen LogP) is 5.10. The first-order chi connectivity index (χ1) is 16.9. The first-order valence-electron chi connectivity index (χ1n) is 12.0. The lowest BCUT2D eigenvalue weighted by molar-refractivity contribution is -0.141. The van der Waals surface area contributed by atoms with Crippen LogP contribution in [0.1, 0.15) is 49.8 Å². The van der Waals surface area contributed by atoms with Gasteiger partial charge in [-0.3, -0.25) is 13.9 Å². The SMILES string of the molecule is CCNC(=O)[C@H](CC)N(Cc1ccc(Cl)cc1Cl)C(=O)CCCN(c1cccc(C)c1C)S(C)(=O)=O. The minimum atomic E-state index is -3.56. The van der Waals surface area contributed by atoms with Gasteiger partial charge >= 0.3 is 0 Å². The van der Waals surface area contributed by atoms with Gasteiger partial charge in [0.25, 0.3) is 0 Å². The van der Waals surface area contributed by atoms with Crippen LogP contribution < -0.4 is 9.62 Å². The summed E-state index contributed by atoms with van der Waals surface area (Å²) in [6.45, 7) is 8.19. The number of halogens is 2. The topological polar surface area (TPSA) is 86.8 Å². The summed E-state index contributed by atoms with van der Waals surface area (Å²) in [5.41, 5.74) is 3.13. The molecule has 0 fully saturated rings. The van der Waals surface area contributed by atoms with Crippen LogP contribution in [-0.2, 0) is 26.2 Å². The second-order valence-corrected chi connectivity index (χ2v) is 11.5. The summed E-state index contributed by atoms with van der Waals surface area (Å²) in [5, 5.41) is 3.68. The van der Waals surface area contributed by atoms with E-state index in [0.29, 0.717) is 34.3 Å². The Morgan fingerprint density at radius 1 is 1.08 bits per heavy atom. The Labute approximate surface area is 224 Å². The molecule has 2 amide bonds. The standard InChI is InChI=1S/C26H35Cl2N3O4S/c1-6-23(26(33)29-7-2)30(17-20-13-14-21(27)16-22(20)28)25(32)12-9-15-31(36(5,34)35)24-11-8-10-18(3)19(24)4/h8,10-11,13-14,16,23H,6-7,9,12,15,17H2,1-5H3,(H,29,33)/t23-/m0/s1. The van der Waals surface area contributed by atoms with Crippen LogP contribution in [0.5, 0.6) is 0 Å². The first kappa shape index (κ1) is 29.9. The van der Waals surface area contributed by atoms with Crippen molar-refractivity contribution in [2.45, 2.75) is 59.5 Å². The zero-order valence-corrected chi connectivity index (χ0v) is 23.8. The molecule has 0 aliphatic rings. The second kappa shape index (κ2) is 13.3. The highest BCUT2D eigenvalue weighted by Crippen LogP contribution is 2.27. The predicted molar refractivity (Wildman–Crippen MR) is 147 cm³/mol. The summed E-state index contributed by atoms with van der Waals surface area (Å²) < 4.78 is 26.5. The molecule has 0 aliphatic heterocycles. The maximum atomic E-state index is 13.4. The summed E-state index contributed by atoms with van der Waals surface area (Å²) in [6.07, 6.45) is 1.93. The van der Waals surface area contributed by atoms with Gasteiger partial charge in [-0.2, -0.15) is 0 Å². The fraction of sp³-hybridized carbons (Fsp3) is 0.462. The van der Waals surface area contributed by atoms with Crippen molar-refractivity contribution < 1.29 is 18.0 Å². The van der Waals surface area contributed by atoms with E-state index in [9.17, 15) is 18.0 Å². The van der Waals surface area contributed by atoms with Crippen LogP contribution in [0.25, 0.3) is 0 Å². The molecule has 36 heavy (non-hydrogen) atoms. The van der Waals surface area contributed by atoms with Gasteiger partial charge < -0.3 is 10.2 Å². The highest BCUT2D eigenvalue weighted by molar-refractivity contribution is 7.92. The molecule has 0 bridgehead atoms. The summed E-state index contributed by atoms with van der Waals surface area (Å²) in [7, 11) is -3.56. The van der Waals surface area contributed by atoms with Crippen molar-refractivity contribution in [2.24, 2.45) is 0 Å². The average Bonchev–Trinajstić information content (AvgIpc) is 2.79. The molecule has 10 heteroatoms. The van der Waals surface area contributed by atoms with Gasteiger partial charge in [0.15, 0.2) is 0 Å². The van der Waals surface area contributed by atoms with E-state index < -0.39 is 16.1 Å². The minimum absolute atomic E-state index is 0.0675. The number of sulfonamides is 1. The molecule has 0 aliphatic carbocycles. The van der Waals surface area contributed by atoms with Gasteiger partial charge in [-0.1, -0.05) is 48.3 Å². The number of benzene rings is 2. The summed E-state index contributed by atoms with van der Waals surface area (Å²) in [4.78, 5) is 27.7. The van der Waals surface area contributed by atoms with Gasteiger partial charge in [0.1, 0.15) is 6.04 Å². The van der Waals surface area contributed by atoms with Gasteiger partial charge in [-0.15, -0.1) is 0 Å². The van der Waals surface area contributed by atoms with Crippen LogP contribution in [0.4, 0.5) is 5.69 Å². The van der Waals surface area contributed by atoms with E-state index in [1.165, 1.54) is 9.21 Å². The maximum Gasteiger partial charge on any atom is 0.242 e. The molecule has 0 saturated carbocycles. The first-order valence-corrected chi connectivity index (χ1v) is 14.6. The molecule has 7 nitrogen and oxygen atoms in total. The fourth-order valence-electron chi connectivity index (χ4n) is 4.03. The summed E-state index contributed by atoms with van der Waals surface area (Å²) in [6, 6.07) is 9.85. The molecule has 0 unspecified atom stereocenters. The lowest BCUT2D eigenvalue weighted by Gasteiger charge is -2.31. The van der Waals surface area contributed by atoms with Gasteiger partial charge in [-0.05, 0) is 68.5 Å². The lowest BCUT2D eigenvalue weighted by atomic mass is 10.1. The minimum Gasteiger partial charge on any atom is -0.355 e. The molecular formula is C26H35Cl2N3O4S. The molecule has 0 heterocycles. The number of carbonyl (C=O) groups is 2. The van der Waals surface area contributed by atoms with Crippen LogP contribution in [0, 0.1) is 13.8 Å². The highest BCUT2D eigenvalue weighted by atomic mass is 35.5. The molecule has 1 atom stereocenters. The number of anilines is 1. The van der Waals surface area contributed by atoms with Crippen LogP contribution >= 0.6 is 23.2 Å². The quantitative estimate of drug-likeness (QED) is 0.394. The Morgan fingerprint density at radius 3 is 2.36 bits per heavy atom. The zero-order chi connectivity index (χ0) is 27.0. The van der Waals surface area contributed by atoms with Crippen LogP contribution in [0.15, 0.2) is 36.4 Å². The molecule has 0 radical (unpaired) electrons. The van der Waals surface area contributed by atoms with E-state index in [-0.39, 0.29) is 37.7 Å². The van der Waals surface area contributed by atoms with E-state index in [2.05, 4.69) is 5.32 Å². The molecule has 198 valence electrons. The van der Waals surface area contributed by atoms with E-state index in [1.54, 1.807) is 24.3 Å². The fourth-order valence-corrected chi connectivity index (χ4v) is 5.52. The van der Waals surface area contributed by atoms with E-state index in [4.69, 9.17) is 23.2 Å². The number of likely N-dealkylation sites (N-methyl/N-ethyl adjacent to an activating group) is 1. The van der Waals surface area contributed by atoms with Gasteiger partial charge in [0.05, 0.1) is 11.9 Å². The summed E-state index contributed by atoms with van der Waals surface area (Å²) in [5.74, 6) is -0.500. The molecule has 0 saturated heterocycles. The number of hydrogen-bond donors (Lipinski definition) is 1. The third-order valence-electron chi connectivity index (χ3n) is 6.09. The number of rotatable bonds is 12. The van der Waals surface area contributed by atoms with Gasteiger partial charge in [0, 0.05) is 36.1 Å². The second-order valence-electron chi connectivity index (χ2n) is 8.73. The lowest BCUT2D eigenvalue weighted by Crippen LogP contribution is -2.49. The number of nitrogens with zero attached hydrogens (tertiary/aromatic N) is 2. The number of nitrogens with one attached hydrogen (secondary N) is 1. The maximum absolute atomic E-state index is 13.4. The van der Waals surface area contributed by atoms with Crippen molar-refractivity contribution in [3.05, 3.63) is 63.1 Å². The molecule has 2 aromatic rings. The molecule has 0 aromatic heterocycles. The van der Waals surface area contributed by atoms with Crippen molar-refractivity contribution in [2.75, 3.05) is 23.7 Å². The van der Waals surface area contributed by atoms with Crippen LogP contribution in [-0.4, -0.2) is 50.5 Å². The molecular weight excluding hydrogens is 521 g/mol. The normalized spacial score (nSPS) is 12.2. The zero-order valence-electron chi connectivity index (χ0n) is 21.5. The molecule has 0 spiro atoms. The van der Waals surface area contributed by atoms with Crippen molar-refractivity contribution in [3.8, 4) is 0 Å².